The van der Waals surface area contributed by atoms with E-state index in [0.29, 0.717) is 18.1 Å². The fraction of sp³-hybridized carbons (Fsp3) is 0.259. The topological polar surface area (TPSA) is 129 Å². The smallest absolute Gasteiger partial charge is 0.280 e. The zero-order chi connectivity index (χ0) is 27.2. The third kappa shape index (κ3) is 6.10. The highest BCUT2D eigenvalue weighted by Gasteiger charge is 2.19. The molecule has 2 aromatic carbocycles. The van der Waals surface area contributed by atoms with E-state index in [2.05, 4.69) is 42.5 Å². The van der Waals surface area contributed by atoms with Gasteiger partial charge < -0.3 is 9.88 Å². The number of rotatable bonds is 11. The van der Waals surface area contributed by atoms with Crippen LogP contribution in [0.4, 0.5) is 11.6 Å². The normalized spacial score (nSPS) is 12.5. The molecule has 0 bridgehead atoms. The molecule has 5 rings (SSSR count). The van der Waals surface area contributed by atoms with Crippen LogP contribution >= 0.6 is 12.2 Å². The number of pyridine rings is 1. The van der Waals surface area contributed by atoms with Crippen LogP contribution in [0.2, 0.25) is 0 Å². The molecule has 0 unspecified atom stereocenters. The lowest BCUT2D eigenvalue weighted by Crippen LogP contribution is -2.29. The van der Waals surface area contributed by atoms with Gasteiger partial charge in [0, 0.05) is 30.3 Å². The maximum atomic E-state index is 13.2. The predicted molar refractivity (Wildman–Crippen MR) is 149 cm³/mol. The molecule has 4 aromatic rings. The maximum absolute atomic E-state index is 13.2. The minimum absolute atomic E-state index is 0.0635. The Morgan fingerprint density at radius 1 is 1.10 bits per heavy atom. The van der Waals surface area contributed by atoms with Crippen molar-refractivity contribution in [2.75, 3.05) is 26.1 Å². The molecule has 2 aromatic heterocycles. The van der Waals surface area contributed by atoms with Gasteiger partial charge >= 0.3 is 0 Å². The van der Waals surface area contributed by atoms with Gasteiger partial charge in [0.2, 0.25) is 11.4 Å². The van der Waals surface area contributed by atoms with Crippen LogP contribution < -0.4 is 20.9 Å². The van der Waals surface area contributed by atoms with Crippen LogP contribution in [-0.4, -0.2) is 41.2 Å². The van der Waals surface area contributed by atoms with Gasteiger partial charge in [-0.25, -0.2) is 20.1 Å². The van der Waals surface area contributed by atoms with Gasteiger partial charge in [0.25, 0.3) is 5.91 Å². The molecule has 2 heterocycles. The standard InChI is InChI=1S/C27H28N6O5S/c1-36-32-26(35)23-16-33(21-11-8-18-4-3-5-19(18)14-21)25-22(24(23)34)15-28-27(31-25)30-20-9-6-17(7-10-20)12-13-29-39-38-37-2/h6-11,14-16,29H,3-5,12-13H2,1-2H3,(H,32,35)(H,28,30,31). The van der Waals surface area contributed by atoms with Gasteiger partial charge in [-0.15, -0.1) is 4.33 Å². The SMILES string of the molecule is CONC(=O)c1cn(-c2ccc3c(c2)CCC3)c2nc(Nc3ccc(CCNSOOC)cc3)ncc2c1=O. The number of aromatic nitrogens is 3. The molecule has 1 aliphatic carbocycles. The number of anilines is 2. The number of carbonyl (C=O) groups excluding carboxylic acids is 1. The molecule has 1 aliphatic rings. The first kappa shape index (κ1) is 26.8. The molecule has 202 valence electrons. The van der Waals surface area contributed by atoms with E-state index in [9.17, 15) is 9.59 Å². The van der Waals surface area contributed by atoms with E-state index in [-0.39, 0.29) is 10.9 Å². The lowest BCUT2D eigenvalue weighted by atomic mass is 10.1. The Morgan fingerprint density at radius 2 is 1.92 bits per heavy atom. The molecule has 0 spiro atoms. The van der Waals surface area contributed by atoms with Crippen molar-refractivity contribution in [3.8, 4) is 5.69 Å². The largest absolute Gasteiger partial charge is 0.324 e. The van der Waals surface area contributed by atoms with E-state index in [4.69, 9.17) is 9.17 Å². The van der Waals surface area contributed by atoms with Crippen molar-refractivity contribution in [2.24, 2.45) is 0 Å². The van der Waals surface area contributed by atoms with Gasteiger partial charge in [-0.05, 0) is 66.6 Å². The summed E-state index contributed by atoms with van der Waals surface area (Å²) >= 11 is 1.04. The molecule has 0 saturated heterocycles. The minimum atomic E-state index is -0.637. The Morgan fingerprint density at radius 3 is 2.72 bits per heavy atom. The maximum Gasteiger partial charge on any atom is 0.280 e. The summed E-state index contributed by atoms with van der Waals surface area (Å²) in [6.45, 7) is 0.708. The van der Waals surface area contributed by atoms with E-state index in [0.717, 1.165) is 54.9 Å². The molecule has 11 nitrogen and oxygen atoms in total. The van der Waals surface area contributed by atoms with Crippen molar-refractivity contribution in [3.63, 3.8) is 0 Å². The van der Waals surface area contributed by atoms with Crippen molar-refractivity contribution in [3.05, 3.63) is 87.3 Å². The molecule has 0 atom stereocenters. The summed E-state index contributed by atoms with van der Waals surface area (Å²) in [5.41, 5.74) is 7.41. The van der Waals surface area contributed by atoms with Crippen LogP contribution in [0.5, 0.6) is 0 Å². The van der Waals surface area contributed by atoms with Crippen LogP contribution in [0.25, 0.3) is 16.7 Å². The molecule has 0 radical (unpaired) electrons. The van der Waals surface area contributed by atoms with Crippen LogP contribution in [-0.2, 0) is 33.3 Å². The van der Waals surface area contributed by atoms with E-state index in [1.807, 2.05) is 30.3 Å². The van der Waals surface area contributed by atoms with Crippen molar-refractivity contribution in [2.45, 2.75) is 25.7 Å². The van der Waals surface area contributed by atoms with Crippen molar-refractivity contribution in [1.82, 2.24) is 24.7 Å². The quantitative estimate of drug-likeness (QED) is 0.0841. The number of benzene rings is 2. The van der Waals surface area contributed by atoms with Gasteiger partial charge in [-0.3, -0.25) is 14.4 Å². The number of nitrogens with zero attached hydrogens (tertiary/aromatic N) is 3. The lowest BCUT2D eigenvalue weighted by molar-refractivity contribution is -0.161. The average Bonchev–Trinajstić information content (AvgIpc) is 3.42. The summed E-state index contributed by atoms with van der Waals surface area (Å²) in [5, 5.41) is 3.44. The van der Waals surface area contributed by atoms with Crippen LogP contribution in [0.3, 0.4) is 0 Å². The molecule has 12 heteroatoms. The number of carbonyl (C=O) groups is 1. The minimum Gasteiger partial charge on any atom is -0.324 e. The summed E-state index contributed by atoms with van der Waals surface area (Å²) in [4.78, 5) is 44.1. The lowest BCUT2D eigenvalue weighted by Gasteiger charge is -2.15. The van der Waals surface area contributed by atoms with Crippen LogP contribution in [0.15, 0.2) is 59.7 Å². The molecule has 39 heavy (non-hydrogen) atoms. The van der Waals surface area contributed by atoms with Crippen molar-refractivity contribution in [1.29, 1.82) is 0 Å². The number of aryl methyl sites for hydroxylation is 2. The van der Waals surface area contributed by atoms with E-state index >= 15 is 0 Å². The Bertz CT molecular complexity index is 1540. The summed E-state index contributed by atoms with van der Waals surface area (Å²) in [6, 6.07) is 14.1. The summed E-state index contributed by atoms with van der Waals surface area (Å²) < 4.78 is 9.51. The number of nitrogens with one attached hydrogen (secondary N) is 3. The van der Waals surface area contributed by atoms with Crippen LogP contribution in [0.1, 0.15) is 33.5 Å². The first-order chi connectivity index (χ1) is 19.1. The van der Waals surface area contributed by atoms with Gasteiger partial charge in [0.1, 0.15) is 17.8 Å². The van der Waals surface area contributed by atoms with E-state index < -0.39 is 11.3 Å². The molecule has 0 aliphatic heterocycles. The zero-order valence-electron chi connectivity index (χ0n) is 21.5. The third-order valence-corrected chi connectivity index (χ3v) is 6.96. The third-order valence-electron chi connectivity index (χ3n) is 6.43. The highest BCUT2D eigenvalue weighted by atomic mass is 32.2. The second-order valence-corrected chi connectivity index (χ2v) is 9.49. The number of hydrogen-bond acceptors (Lipinski definition) is 10. The number of fused-ring (bicyclic) bond motifs is 2. The Labute approximate surface area is 229 Å². The molecule has 3 N–H and O–H groups in total. The second kappa shape index (κ2) is 12.4. The monoisotopic (exact) mass is 548 g/mol. The summed E-state index contributed by atoms with van der Waals surface area (Å²) in [6.07, 6.45) is 6.91. The second-order valence-electron chi connectivity index (χ2n) is 8.90. The highest BCUT2D eigenvalue weighted by molar-refractivity contribution is 7.92. The first-order valence-corrected chi connectivity index (χ1v) is 13.1. The van der Waals surface area contributed by atoms with Crippen molar-refractivity contribution < 1.29 is 18.9 Å². The molecule has 0 fully saturated rings. The number of hydroxylamine groups is 1. The van der Waals surface area contributed by atoms with Crippen LogP contribution in [0, 0.1) is 0 Å². The van der Waals surface area contributed by atoms with Crippen molar-refractivity contribution >= 4 is 40.8 Å². The Kier molecular flexibility index (Phi) is 8.49. The van der Waals surface area contributed by atoms with E-state index in [1.54, 1.807) is 4.57 Å². The Balaban J connectivity index is 1.46. The first-order valence-electron chi connectivity index (χ1n) is 12.4. The summed E-state index contributed by atoms with van der Waals surface area (Å²) in [5.74, 6) is -0.310. The van der Waals surface area contributed by atoms with Gasteiger partial charge in [0.05, 0.1) is 19.6 Å². The average molecular weight is 549 g/mol. The van der Waals surface area contributed by atoms with E-state index in [1.165, 1.54) is 37.7 Å². The Hall–Kier alpha value is -3.81. The predicted octanol–water partition coefficient (Wildman–Crippen LogP) is 3.58. The van der Waals surface area contributed by atoms with Gasteiger partial charge in [0.15, 0.2) is 5.65 Å². The molecule has 0 saturated carbocycles. The van der Waals surface area contributed by atoms with Gasteiger partial charge in [-0.1, -0.05) is 18.2 Å². The molecular formula is C27H28N6O5S. The van der Waals surface area contributed by atoms with Gasteiger partial charge in [-0.2, -0.15) is 4.98 Å². The molecule has 1 amide bonds. The fourth-order valence-electron chi connectivity index (χ4n) is 4.56. The zero-order valence-corrected chi connectivity index (χ0v) is 22.3. The summed E-state index contributed by atoms with van der Waals surface area (Å²) in [7, 11) is 2.77. The number of amides is 1. The molecular weight excluding hydrogens is 520 g/mol. The number of hydrogen-bond donors (Lipinski definition) is 3. The highest BCUT2D eigenvalue weighted by Crippen LogP contribution is 2.26. The fourth-order valence-corrected chi connectivity index (χ4v) is 4.87.